The number of thiophene rings is 1. The van der Waals surface area contributed by atoms with Crippen LogP contribution in [0.15, 0.2) is 17.5 Å². The van der Waals surface area contributed by atoms with Crippen molar-refractivity contribution in [1.29, 1.82) is 0 Å². The van der Waals surface area contributed by atoms with Crippen molar-refractivity contribution in [3.63, 3.8) is 0 Å². The summed E-state index contributed by atoms with van der Waals surface area (Å²) in [5.74, 6) is -0.0469. The predicted octanol–water partition coefficient (Wildman–Crippen LogP) is 2.44. The smallest absolute Gasteiger partial charge is 0.237 e. The van der Waals surface area contributed by atoms with Gasteiger partial charge in [0, 0.05) is 4.88 Å². The summed E-state index contributed by atoms with van der Waals surface area (Å²) in [7, 11) is 0. The highest BCUT2D eigenvalue weighted by molar-refractivity contribution is 7.10. The summed E-state index contributed by atoms with van der Waals surface area (Å²) in [6.07, 6.45) is 2.68. The van der Waals surface area contributed by atoms with Crippen LogP contribution < -0.4 is 11.1 Å². The minimum absolute atomic E-state index is 0.0469. The van der Waals surface area contributed by atoms with Gasteiger partial charge in [0.15, 0.2) is 0 Å². The summed E-state index contributed by atoms with van der Waals surface area (Å²) in [5, 5.41) is 5.05. The van der Waals surface area contributed by atoms with Crippen molar-refractivity contribution in [2.45, 2.75) is 45.2 Å². The molecule has 1 heterocycles. The molecule has 0 aliphatic carbocycles. The SMILES string of the molecule is CCCC(NC(=O)[C@@H](N)CC)c1cccs1. The van der Waals surface area contributed by atoms with Crippen LogP contribution in [0.25, 0.3) is 0 Å². The van der Waals surface area contributed by atoms with Crippen molar-refractivity contribution in [1.82, 2.24) is 5.32 Å². The predicted molar refractivity (Wildman–Crippen MR) is 68.4 cm³/mol. The maximum atomic E-state index is 11.7. The topological polar surface area (TPSA) is 55.1 Å². The van der Waals surface area contributed by atoms with E-state index in [4.69, 9.17) is 5.73 Å². The maximum absolute atomic E-state index is 11.7. The van der Waals surface area contributed by atoms with Crippen molar-refractivity contribution in [2.75, 3.05) is 0 Å². The lowest BCUT2D eigenvalue weighted by Crippen LogP contribution is -2.41. The lowest BCUT2D eigenvalue weighted by Gasteiger charge is -2.19. The summed E-state index contributed by atoms with van der Waals surface area (Å²) in [6, 6.07) is 3.80. The Morgan fingerprint density at radius 1 is 1.56 bits per heavy atom. The zero-order valence-electron chi connectivity index (χ0n) is 9.90. The fraction of sp³-hybridized carbons (Fsp3) is 0.583. The number of nitrogens with two attached hydrogens (primary N) is 1. The monoisotopic (exact) mass is 240 g/mol. The lowest BCUT2D eigenvalue weighted by molar-refractivity contribution is -0.123. The first-order valence-electron chi connectivity index (χ1n) is 5.78. The standard InChI is InChI=1S/C12H20N2OS/c1-3-6-10(11-7-5-8-16-11)14-12(15)9(13)4-2/h5,7-10H,3-4,6,13H2,1-2H3,(H,14,15)/t9-,10?/m0/s1. The molecule has 0 saturated carbocycles. The Labute approximate surface area is 101 Å². The molecule has 0 saturated heterocycles. The van der Waals surface area contributed by atoms with Crippen LogP contribution in [0.1, 0.15) is 44.0 Å². The Kier molecular flexibility index (Phi) is 5.49. The third kappa shape index (κ3) is 3.61. The van der Waals surface area contributed by atoms with E-state index in [2.05, 4.69) is 18.3 Å². The third-order valence-electron chi connectivity index (χ3n) is 2.56. The van der Waals surface area contributed by atoms with Crippen LogP contribution in [-0.4, -0.2) is 11.9 Å². The third-order valence-corrected chi connectivity index (χ3v) is 3.54. The van der Waals surface area contributed by atoms with Gasteiger partial charge in [0.05, 0.1) is 12.1 Å². The van der Waals surface area contributed by atoms with E-state index in [1.54, 1.807) is 11.3 Å². The molecule has 1 unspecified atom stereocenters. The van der Waals surface area contributed by atoms with Gasteiger partial charge >= 0.3 is 0 Å². The lowest BCUT2D eigenvalue weighted by atomic mass is 10.1. The molecule has 3 N–H and O–H groups in total. The summed E-state index contributed by atoms with van der Waals surface area (Å²) >= 11 is 1.68. The van der Waals surface area contributed by atoms with Crippen molar-refractivity contribution < 1.29 is 4.79 Å². The summed E-state index contributed by atoms with van der Waals surface area (Å²) in [4.78, 5) is 12.9. The Morgan fingerprint density at radius 2 is 2.31 bits per heavy atom. The molecule has 0 fully saturated rings. The quantitative estimate of drug-likeness (QED) is 0.802. The number of hydrogen-bond acceptors (Lipinski definition) is 3. The fourth-order valence-corrected chi connectivity index (χ4v) is 2.34. The average Bonchev–Trinajstić information content (AvgIpc) is 2.80. The van der Waals surface area contributed by atoms with Crippen LogP contribution in [0.3, 0.4) is 0 Å². The van der Waals surface area contributed by atoms with Gasteiger partial charge in [-0.25, -0.2) is 0 Å². The minimum atomic E-state index is -0.390. The summed E-state index contributed by atoms with van der Waals surface area (Å²) < 4.78 is 0. The molecule has 0 bridgehead atoms. The van der Waals surface area contributed by atoms with E-state index in [1.165, 1.54) is 4.88 Å². The van der Waals surface area contributed by atoms with E-state index in [-0.39, 0.29) is 18.0 Å². The fourth-order valence-electron chi connectivity index (χ4n) is 1.53. The molecule has 16 heavy (non-hydrogen) atoms. The molecular weight excluding hydrogens is 220 g/mol. The molecule has 0 radical (unpaired) electrons. The van der Waals surface area contributed by atoms with Crippen LogP contribution in [-0.2, 0) is 4.79 Å². The zero-order valence-corrected chi connectivity index (χ0v) is 10.7. The number of rotatable bonds is 6. The zero-order chi connectivity index (χ0) is 12.0. The number of amides is 1. The number of nitrogens with one attached hydrogen (secondary N) is 1. The first-order chi connectivity index (χ1) is 7.69. The molecular formula is C12H20N2OS. The van der Waals surface area contributed by atoms with E-state index in [0.29, 0.717) is 6.42 Å². The number of carbonyl (C=O) groups is 1. The second kappa shape index (κ2) is 6.66. The number of carbonyl (C=O) groups excluding carboxylic acids is 1. The molecule has 0 aliphatic rings. The summed E-state index contributed by atoms with van der Waals surface area (Å²) in [6.45, 7) is 4.04. The Balaban J connectivity index is 2.62. The first kappa shape index (κ1) is 13.2. The van der Waals surface area contributed by atoms with E-state index in [0.717, 1.165) is 12.8 Å². The summed E-state index contributed by atoms with van der Waals surface area (Å²) in [5.41, 5.74) is 5.71. The molecule has 0 spiro atoms. The highest BCUT2D eigenvalue weighted by Gasteiger charge is 2.18. The van der Waals surface area contributed by atoms with E-state index >= 15 is 0 Å². The highest BCUT2D eigenvalue weighted by Crippen LogP contribution is 2.23. The van der Waals surface area contributed by atoms with Gasteiger partial charge in [-0.1, -0.05) is 26.3 Å². The molecule has 3 nitrogen and oxygen atoms in total. The average molecular weight is 240 g/mol. The van der Waals surface area contributed by atoms with Crippen LogP contribution >= 0.6 is 11.3 Å². The second-order valence-electron chi connectivity index (χ2n) is 3.88. The van der Waals surface area contributed by atoms with Crippen molar-refractivity contribution >= 4 is 17.2 Å². The number of hydrogen-bond donors (Lipinski definition) is 2. The van der Waals surface area contributed by atoms with Crippen molar-refractivity contribution in [3.05, 3.63) is 22.4 Å². The molecule has 0 aliphatic heterocycles. The van der Waals surface area contributed by atoms with Crippen molar-refractivity contribution in [2.24, 2.45) is 5.73 Å². The molecule has 1 amide bonds. The Bertz CT molecular complexity index is 311. The van der Waals surface area contributed by atoms with Gasteiger partial charge in [-0.05, 0) is 24.3 Å². The molecule has 2 atom stereocenters. The van der Waals surface area contributed by atoms with Crippen LogP contribution in [0, 0.1) is 0 Å². The molecule has 1 aromatic rings. The van der Waals surface area contributed by atoms with Gasteiger partial charge in [0.2, 0.25) is 5.91 Å². The van der Waals surface area contributed by atoms with Gasteiger partial charge in [0.25, 0.3) is 0 Å². The molecule has 1 aromatic heterocycles. The molecule has 90 valence electrons. The maximum Gasteiger partial charge on any atom is 0.237 e. The van der Waals surface area contributed by atoms with Gasteiger partial charge in [-0.15, -0.1) is 11.3 Å². The largest absolute Gasteiger partial charge is 0.347 e. The second-order valence-corrected chi connectivity index (χ2v) is 4.86. The Morgan fingerprint density at radius 3 is 2.81 bits per heavy atom. The molecule has 1 rings (SSSR count). The highest BCUT2D eigenvalue weighted by atomic mass is 32.1. The molecule has 0 aromatic carbocycles. The van der Waals surface area contributed by atoms with E-state index in [1.807, 2.05) is 18.4 Å². The normalized spacial score (nSPS) is 14.4. The van der Waals surface area contributed by atoms with Gasteiger partial charge in [0.1, 0.15) is 0 Å². The van der Waals surface area contributed by atoms with Crippen LogP contribution in [0.5, 0.6) is 0 Å². The van der Waals surface area contributed by atoms with Gasteiger partial charge < -0.3 is 11.1 Å². The minimum Gasteiger partial charge on any atom is -0.347 e. The van der Waals surface area contributed by atoms with Crippen molar-refractivity contribution in [3.8, 4) is 0 Å². The first-order valence-corrected chi connectivity index (χ1v) is 6.66. The van der Waals surface area contributed by atoms with Gasteiger partial charge in [-0.2, -0.15) is 0 Å². The Hall–Kier alpha value is -0.870. The van der Waals surface area contributed by atoms with Gasteiger partial charge in [-0.3, -0.25) is 4.79 Å². The molecule has 4 heteroatoms. The van der Waals surface area contributed by atoms with Crippen LogP contribution in [0.4, 0.5) is 0 Å². The van der Waals surface area contributed by atoms with E-state index in [9.17, 15) is 4.79 Å². The van der Waals surface area contributed by atoms with E-state index < -0.39 is 0 Å². The van der Waals surface area contributed by atoms with Crippen LogP contribution in [0.2, 0.25) is 0 Å².